The van der Waals surface area contributed by atoms with Gasteiger partial charge in [0.1, 0.15) is 11.3 Å². The van der Waals surface area contributed by atoms with Crippen molar-refractivity contribution in [3.05, 3.63) is 40.8 Å². The van der Waals surface area contributed by atoms with Gasteiger partial charge < -0.3 is 5.73 Å². The van der Waals surface area contributed by atoms with E-state index in [-0.39, 0.29) is 0 Å². The first-order valence-electron chi connectivity index (χ1n) is 4.93. The second kappa shape index (κ2) is 3.67. The second-order valence-electron chi connectivity index (χ2n) is 3.49. The summed E-state index contributed by atoms with van der Waals surface area (Å²) in [6.07, 6.45) is 3.35. The number of aromatic nitrogens is 3. The van der Waals surface area contributed by atoms with E-state index in [1.165, 1.54) is 0 Å². The van der Waals surface area contributed by atoms with E-state index in [4.69, 9.17) is 5.73 Å². The Hall–Kier alpha value is -2.21. The lowest BCUT2D eigenvalue weighted by Crippen LogP contribution is -2.12. The molecule has 0 aliphatic carbocycles. The van der Waals surface area contributed by atoms with Gasteiger partial charge in [-0.25, -0.2) is 9.50 Å². The lowest BCUT2D eigenvalue weighted by Gasteiger charge is -1.94. The molecule has 0 unspecified atom stereocenters. The topological polar surface area (TPSA) is 73.3 Å². The monoisotopic (exact) mass is 244 g/mol. The number of thiophene rings is 1. The highest BCUT2D eigenvalue weighted by Gasteiger charge is 2.19. The van der Waals surface area contributed by atoms with Crippen LogP contribution < -0.4 is 5.73 Å². The molecule has 0 aromatic carbocycles. The Labute approximate surface area is 101 Å². The van der Waals surface area contributed by atoms with Gasteiger partial charge in [0, 0.05) is 23.3 Å². The van der Waals surface area contributed by atoms with Crippen molar-refractivity contribution >= 4 is 22.9 Å². The maximum atomic E-state index is 11.5. The van der Waals surface area contributed by atoms with Crippen LogP contribution in [0, 0.1) is 0 Å². The normalized spacial score (nSPS) is 10.8. The maximum absolute atomic E-state index is 11.5. The molecule has 0 aliphatic heterocycles. The molecule has 0 saturated heterocycles. The van der Waals surface area contributed by atoms with Crippen molar-refractivity contribution < 1.29 is 4.79 Å². The summed E-state index contributed by atoms with van der Waals surface area (Å²) in [5.74, 6) is -0.514. The number of carbonyl (C=O) groups is 1. The molecule has 0 saturated carbocycles. The molecular formula is C11H8N4OS. The standard InChI is InChI=1S/C11H8N4OS/c12-10(16)8-9(7-2-5-17-6-7)14-15-4-1-3-13-11(8)15/h1-6H,(H2,12,16). The van der Waals surface area contributed by atoms with Crippen LogP contribution in [0.25, 0.3) is 16.9 Å². The summed E-state index contributed by atoms with van der Waals surface area (Å²) in [5.41, 5.74) is 7.72. The number of nitrogens with zero attached hydrogens (tertiary/aromatic N) is 3. The van der Waals surface area contributed by atoms with Gasteiger partial charge in [-0.3, -0.25) is 4.79 Å². The van der Waals surface area contributed by atoms with Crippen LogP contribution in [-0.2, 0) is 0 Å². The summed E-state index contributed by atoms with van der Waals surface area (Å²) in [5, 5.41) is 8.19. The van der Waals surface area contributed by atoms with E-state index in [2.05, 4.69) is 10.1 Å². The molecule has 3 rings (SSSR count). The van der Waals surface area contributed by atoms with Crippen LogP contribution in [0.2, 0.25) is 0 Å². The molecule has 1 amide bonds. The number of hydrogen-bond donors (Lipinski definition) is 1. The van der Waals surface area contributed by atoms with Gasteiger partial charge in [0.15, 0.2) is 5.65 Å². The number of amides is 1. The SMILES string of the molecule is NC(=O)c1c(-c2ccsc2)nn2cccnc12. The molecule has 0 bridgehead atoms. The van der Waals surface area contributed by atoms with Crippen LogP contribution in [0.15, 0.2) is 35.3 Å². The molecule has 3 heterocycles. The van der Waals surface area contributed by atoms with Crippen LogP contribution in [0.4, 0.5) is 0 Å². The molecule has 17 heavy (non-hydrogen) atoms. The summed E-state index contributed by atoms with van der Waals surface area (Å²) in [7, 11) is 0. The Kier molecular flexibility index (Phi) is 2.15. The van der Waals surface area contributed by atoms with Crippen LogP contribution in [0.1, 0.15) is 10.4 Å². The van der Waals surface area contributed by atoms with Gasteiger partial charge in [0.05, 0.1) is 0 Å². The largest absolute Gasteiger partial charge is 0.365 e. The number of hydrogen-bond acceptors (Lipinski definition) is 4. The first-order valence-corrected chi connectivity index (χ1v) is 5.87. The van der Waals surface area contributed by atoms with Crippen molar-refractivity contribution in [1.82, 2.24) is 14.6 Å². The van der Waals surface area contributed by atoms with E-state index in [9.17, 15) is 4.79 Å². The predicted octanol–water partition coefficient (Wildman–Crippen LogP) is 1.56. The average Bonchev–Trinajstić information content (AvgIpc) is 2.95. The van der Waals surface area contributed by atoms with Crippen molar-refractivity contribution in [2.24, 2.45) is 5.73 Å². The van der Waals surface area contributed by atoms with E-state index in [1.54, 1.807) is 34.3 Å². The zero-order valence-corrected chi connectivity index (χ0v) is 9.52. The van der Waals surface area contributed by atoms with Crippen LogP contribution >= 0.6 is 11.3 Å². The smallest absolute Gasteiger partial charge is 0.254 e. The van der Waals surface area contributed by atoms with Gasteiger partial charge in [-0.05, 0) is 17.5 Å². The summed E-state index contributed by atoms with van der Waals surface area (Å²) >= 11 is 1.54. The van der Waals surface area contributed by atoms with Crippen LogP contribution in [-0.4, -0.2) is 20.5 Å². The number of carbonyl (C=O) groups excluding carboxylic acids is 1. The number of fused-ring (bicyclic) bond motifs is 1. The van der Waals surface area contributed by atoms with E-state index in [1.807, 2.05) is 16.8 Å². The maximum Gasteiger partial charge on any atom is 0.254 e. The molecule has 84 valence electrons. The Bertz CT molecular complexity index is 687. The number of rotatable bonds is 2. The average molecular weight is 244 g/mol. The lowest BCUT2D eigenvalue weighted by atomic mass is 10.1. The number of primary amides is 1. The second-order valence-corrected chi connectivity index (χ2v) is 4.27. The minimum absolute atomic E-state index is 0.365. The zero-order valence-electron chi connectivity index (χ0n) is 8.70. The summed E-state index contributed by atoms with van der Waals surface area (Å²) in [6, 6.07) is 3.65. The van der Waals surface area contributed by atoms with Gasteiger partial charge in [0.25, 0.3) is 5.91 Å². The molecule has 5 nitrogen and oxygen atoms in total. The van der Waals surface area contributed by atoms with E-state index in [0.29, 0.717) is 16.9 Å². The highest BCUT2D eigenvalue weighted by atomic mass is 32.1. The minimum atomic E-state index is -0.514. The number of nitrogens with two attached hydrogens (primary N) is 1. The highest BCUT2D eigenvalue weighted by molar-refractivity contribution is 7.08. The molecule has 0 aliphatic rings. The molecule has 3 aromatic rings. The fourth-order valence-electron chi connectivity index (χ4n) is 1.72. The van der Waals surface area contributed by atoms with Crippen molar-refractivity contribution in [3.8, 4) is 11.3 Å². The lowest BCUT2D eigenvalue weighted by molar-refractivity contribution is 0.100. The van der Waals surface area contributed by atoms with Crippen LogP contribution in [0.3, 0.4) is 0 Å². The van der Waals surface area contributed by atoms with Gasteiger partial charge in [0.2, 0.25) is 0 Å². The Balaban J connectivity index is 2.38. The Morgan fingerprint density at radius 1 is 1.47 bits per heavy atom. The molecule has 0 spiro atoms. The minimum Gasteiger partial charge on any atom is -0.365 e. The molecule has 0 fully saturated rings. The van der Waals surface area contributed by atoms with Crippen molar-refractivity contribution in [3.63, 3.8) is 0 Å². The van der Waals surface area contributed by atoms with E-state index >= 15 is 0 Å². The first-order chi connectivity index (χ1) is 8.27. The third-order valence-electron chi connectivity index (χ3n) is 2.44. The summed E-state index contributed by atoms with van der Waals surface area (Å²) < 4.78 is 1.56. The van der Waals surface area contributed by atoms with E-state index < -0.39 is 5.91 Å². The zero-order chi connectivity index (χ0) is 11.8. The van der Waals surface area contributed by atoms with Gasteiger partial charge in [-0.15, -0.1) is 0 Å². The molecule has 2 N–H and O–H groups in total. The summed E-state index contributed by atoms with van der Waals surface area (Å²) in [6.45, 7) is 0. The third kappa shape index (κ3) is 1.50. The quantitative estimate of drug-likeness (QED) is 0.743. The first kappa shape index (κ1) is 9.98. The molecule has 3 aromatic heterocycles. The fraction of sp³-hybridized carbons (Fsp3) is 0. The molecule has 0 radical (unpaired) electrons. The molecular weight excluding hydrogens is 236 g/mol. The Morgan fingerprint density at radius 3 is 3.06 bits per heavy atom. The van der Waals surface area contributed by atoms with Crippen molar-refractivity contribution in [2.45, 2.75) is 0 Å². The fourth-order valence-corrected chi connectivity index (χ4v) is 2.36. The highest BCUT2D eigenvalue weighted by Crippen LogP contribution is 2.26. The Morgan fingerprint density at radius 2 is 2.35 bits per heavy atom. The summed E-state index contributed by atoms with van der Waals surface area (Å²) in [4.78, 5) is 15.7. The van der Waals surface area contributed by atoms with Crippen molar-refractivity contribution in [1.29, 1.82) is 0 Å². The van der Waals surface area contributed by atoms with Gasteiger partial charge in [-0.1, -0.05) is 0 Å². The third-order valence-corrected chi connectivity index (χ3v) is 3.12. The molecule has 0 atom stereocenters. The van der Waals surface area contributed by atoms with E-state index in [0.717, 1.165) is 5.56 Å². The molecule has 6 heteroatoms. The van der Waals surface area contributed by atoms with Crippen LogP contribution in [0.5, 0.6) is 0 Å². The predicted molar refractivity (Wildman–Crippen MR) is 64.8 cm³/mol. The van der Waals surface area contributed by atoms with Gasteiger partial charge in [-0.2, -0.15) is 16.4 Å². The van der Waals surface area contributed by atoms with Crippen molar-refractivity contribution in [2.75, 3.05) is 0 Å². The van der Waals surface area contributed by atoms with Gasteiger partial charge >= 0.3 is 0 Å².